The van der Waals surface area contributed by atoms with Crippen LogP contribution in [0.3, 0.4) is 0 Å². The summed E-state index contributed by atoms with van der Waals surface area (Å²) in [6.45, 7) is 2.40. The summed E-state index contributed by atoms with van der Waals surface area (Å²) in [6, 6.07) is 3.92. The van der Waals surface area contributed by atoms with Crippen molar-refractivity contribution in [1.29, 1.82) is 0 Å². The quantitative estimate of drug-likeness (QED) is 0.873. The highest BCUT2D eigenvalue weighted by atomic mass is 32.2. The Morgan fingerprint density at radius 1 is 1.35 bits per heavy atom. The zero-order chi connectivity index (χ0) is 14.8. The minimum absolute atomic E-state index is 0.0240. The van der Waals surface area contributed by atoms with Crippen LogP contribution >= 0.6 is 0 Å². The molecule has 1 aromatic rings. The van der Waals surface area contributed by atoms with Gasteiger partial charge in [0.25, 0.3) is 0 Å². The van der Waals surface area contributed by atoms with Gasteiger partial charge in [-0.1, -0.05) is 25.8 Å². The van der Waals surface area contributed by atoms with Crippen molar-refractivity contribution >= 4 is 15.7 Å². The fourth-order valence-electron chi connectivity index (χ4n) is 2.79. The number of anilines is 1. The van der Waals surface area contributed by atoms with Crippen molar-refractivity contribution < 1.29 is 12.8 Å². The van der Waals surface area contributed by atoms with Crippen molar-refractivity contribution in [2.24, 2.45) is 0 Å². The molecule has 2 N–H and O–H groups in total. The average molecular weight is 300 g/mol. The summed E-state index contributed by atoms with van der Waals surface area (Å²) in [7, 11) is -3.87. The monoisotopic (exact) mass is 300 g/mol. The molecule has 1 atom stereocenters. The number of hydrogen-bond acceptors (Lipinski definition) is 3. The predicted molar refractivity (Wildman–Crippen MR) is 77.3 cm³/mol. The molecule has 112 valence electrons. The van der Waals surface area contributed by atoms with E-state index < -0.39 is 15.8 Å². The lowest BCUT2D eigenvalue weighted by molar-refractivity contribution is 0.314. The van der Waals surface area contributed by atoms with Crippen LogP contribution in [0.4, 0.5) is 10.1 Å². The van der Waals surface area contributed by atoms with Crippen LogP contribution in [0.1, 0.15) is 39.0 Å². The van der Waals surface area contributed by atoms with Crippen molar-refractivity contribution in [2.45, 2.75) is 50.0 Å². The zero-order valence-electron chi connectivity index (χ0n) is 11.7. The molecule has 1 fully saturated rings. The molecule has 0 saturated carbocycles. The molecule has 1 aliphatic rings. The molecule has 0 aromatic heterocycles. The number of hydrogen-bond donors (Lipinski definition) is 1. The highest BCUT2D eigenvalue weighted by molar-refractivity contribution is 7.89. The molecule has 1 saturated heterocycles. The molecule has 0 amide bonds. The Hall–Kier alpha value is -1.14. The summed E-state index contributed by atoms with van der Waals surface area (Å²) in [5.74, 6) is -0.774. The lowest BCUT2D eigenvalue weighted by Gasteiger charge is -2.28. The van der Waals surface area contributed by atoms with Crippen LogP contribution < -0.4 is 5.73 Å². The lowest BCUT2D eigenvalue weighted by Crippen LogP contribution is -2.40. The smallest absolute Gasteiger partial charge is 0.248 e. The number of nitrogens with two attached hydrogens (primary N) is 1. The molecule has 1 aromatic carbocycles. The normalized spacial score (nSPS) is 21.6. The molecule has 0 spiro atoms. The third kappa shape index (κ3) is 2.81. The van der Waals surface area contributed by atoms with Crippen LogP contribution in [0.2, 0.25) is 0 Å². The molecule has 0 bridgehead atoms. The van der Waals surface area contributed by atoms with Gasteiger partial charge in [0.2, 0.25) is 10.0 Å². The number of benzene rings is 1. The molecule has 4 nitrogen and oxygen atoms in total. The largest absolute Gasteiger partial charge is 0.398 e. The van der Waals surface area contributed by atoms with Crippen LogP contribution in [0.25, 0.3) is 0 Å². The van der Waals surface area contributed by atoms with Crippen molar-refractivity contribution in [3.8, 4) is 0 Å². The van der Waals surface area contributed by atoms with E-state index >= 15 is 0 Å². The first-order chi connectivity index (χ1) is 9.48. The van der Waals surface area contributed by atoms with Gasteiger partial charge in [-0.2, -0.15) is 4.31 Å². The van der Waals surface area contributed by atoms with Gasteiger partial charge < -0.3 is 5.73 Å². The number of halogens is 1. The Kier molecular flexibility index (Phi) is 4.65. The average Bonchev–Trinajstić information content (AvgIpc) is 2.63. The second-order valence-electron chi connectivity index (χ2n) is 5.19. The summed E-state index contributed by atoms with van der Waals surface area (Å²) >= 11 is 0. The van der Waals surface area contributed by atoms with E-state index in [4.69, 9.17) is 5.73 Å². The van der Waals surface area contributed by atoms with Crippen LogP contribution in [-0.4, -0.2) is 25.3 Å². The Balaban J connectivity index is 2.47. The second-order valence-corrected chi connectivity index (χ2v) is 7.01. The summed E-state index contributed by atoms with van der Waals surface area (Å²) in [6.07, 6.45) is 4.38. The highest BCUT2D eigenvalue weighted by Gasteiger charge is 2.34. The summed E-state index contributed by atoms with van der Waals surface area (Å²) in [4.78, 5) is -0.375. The van der Waals surface area contributed by atoms with Gasteiger partial charge in [0.15, 0.2) is 0 Å². The van der Waals surface area contributed by atoms with Gasteiger partial charge >= 0.3 is 0 Å². The van der Waals surface area contributed by atoms with Gasteiger partial charge in [-0.05, 0) is 31.4 Å². The van der Waals surface area contributed by atoms with Crippen LogP contribution in [0, 0.1) is 5.82 Å². The van der Waals surface area contributed by atoms with E-state index in [-0.39, 0.29) is 16.6 Å². The molecule has 0 aliphatic carbocycles. The number of nitrogen functional groups attached to an aromatic ring is 1. The first-order valence-corrected chi connectivity index (χ1v) is 8.48. The predicted octanol–water partition coefficient (Wildman–Crippen LogP) is 2.75. The Bertz CT molecular complexity index is 554. The van der Waals surface area contributed by atoms with Gasteiger partial charge in [0.05, 0.1) is 5.69 Å². The summed E-state index contributed by atoms with van der Waals surface area (Å²) in [5, 5.41) is 0. The van der Waals surface area contributed by atoms with Crippen LogP contribution in [-0.2, 0) is 10.0 Å². The zero-order valence-corrected chi connectivity index (χ0v) is 12.5. The van der Waals surface area contributed by atoms with E-state index in [2.05, 4.69) is 0 Å². The van der Waals surface area contributed by atoms with Gasteiger partial charge in [-0.3, -0.25) is 0 Å². The molecule has 6 heteroatoms. The maximum absolute atomic E-state index is 13.9. The van der Waals surface area contributed by atoms with Gasteiger partial charge in [-0.15, -0.1) is 0 Å². The Morgan fingerprint density at radius 2 is 2.10 bits per heavy atom. The Morgan fingerprint density at radius 3 is 2.75 bits per heavy atom. The van der Waals surface area contributed by atoms with Crippen molar-refractivity contribution in [1.82, 2.24) is 4.31 Å². The lowest BCUT2D eigenvalue weighted by atomic mass is 10.1. The number of nitrogens with zero attached hydrogens (tertiary/aromatic N) is 1. The molecule has 0 radical (unpaired) electrons. The van der Waals surface area contributed by atoms with Crippen LogP contribution in [0.15, 0.2) is 23.1 Å². The summed E-state index contributed by atoms with van der Waals surface area (Å²) in [5.41, 5.74) is 5.67. The maximum atomic E-state index is 13.9. The SMILES string of the molecule is CCC1CCCCCN1S(=O)(=O)c1c(N)cccc1F. The van der Waals surface area contributed by atoms with E-state index in [1.165, 1.54) is 16.4 Å². The van der Waals surface area contributed by atoms with Gasteiger partial charge in [-0.25, -0.2) is 12.8 Å². The van der Waals surface area contributed by atoms with E-state index in [1.54, 1.807) is 0 Å². The second kappa shape index (κ2) is 6.10. The van der Waals surface area contributed by atoms with Crippen LogP contribution in [0.5, 0.6) is 0 Å². The maximum Gasteiger partial charge on any atom is 0.248 e. The fourth-order valence-corrected chi connectivity index (χ4v) is 4.72. The number of rotatable bonds is 3. The molecule has 1 aliphatic heterocycles. The molecule has 1 unspecified atom stereocenters. The van der Waals surface area contributed by atoms with Gasteiger partial charge in [0.1, 0.15) is 10.7 Å². The van der Waals surface area contributed by atoms with E-state index in [1.807, 2.05) is 6.92 Å². The molecule has 20 heavy (non-hydrogen) atoms. The Labute approximate surface area is 119 Å². The summed E-state index contributed by atoms with van der Waals surface area (Å²) < 4.78 is 40.9. The van der Waals surface area contributed by atoms with Crippen molar-refractivity contribution in [2.75, 3.05) is 12.3 Å². The van der Waals surface area contributed by atoms with E-state index in [0.29, 0.717) is 6.54 Å². The number of sulfonamides is 1. The minimum Gasteiger partial charge on any atom is -0.398 e. The molecular weight excluding hydrogens is 279 g/mol. The fraction of sp³-hybridized carbons (Fsp3) is 0.571. The van der Waals surface area contributed by atoms with Crippen molar-refractivity contribution in [3.05, 3.63) is 24.0 Å². The molecule has 2 rings (SSSR count). The standard InChI is InChI=1S/C14H21FN2O2S/c1-2-11-7-4-3-5-10-17(11)20(18,19)14-12(15)8-6-9-13(14)16/h6,8-9,11H,2-5,7,10,16H2,1H3. The van der Waals surface area contributed by atoms with E-state index in [9.17, 15) is 12.8 Å². The third-order valence-electron chi connectivity index (χ3n) is 3.86. The molecule has 1 heterocycles. The minimum atomic E-state index is -3.87. The van der Waals surface area contributed by atoms with Crippen molar-refractivity contribution in [3.63, 3.8) is 0 Å². The highest BCUT2D eigenvalue weighted by Crippen LogP contribution is 2.30. The first kappa shape index (κ1) is 15.3. The van der Waals surface area contributed by atoms with E-state index in [0.717, 1.165) is 38.2 Å². The third-order valence-corrected chi connectivity index (χ3v) is 5.90. The topological polar surface area (TPSA) is 63.4 Å². The van der Waals surface area contributed by atoms with Gasteiger partial charge in [0, 0.05) is 12.6 Å². The molecular formula is C14H21FN2O2S. The first-order valence-electron chi connectivity index (χ1n) is 7.04.